The van der Waals surface area contributed by atoms with Gasteiger partial charge in [-0.15, -0.1) is 11.3 Å². The van der Waals surface area contributed by atoms with Crippen LogP contribution in [-0.4, -0.2) is 43.9 Å². The van der Waals surface area contributed by atoms with Crippen LogP contribution in [0, 0.1) is 6.92 Å². The minimum atomic E-state index is -3.37. The number of aryl methyl sites for hydroxylation is 1. The lowest BCUT2D eigenvalue weighted by Crippen LogP contribution is -2.48. The molecule has 1 fully saturated rings. The van der Waals surface area contributed by atoms with Crippen LogP contribution in [0.1, 0.15) is 5.69 Å². The maximum absolute atomic E-state index is 12.5. The molecular weight excluding hydrogens is 306 g/mol. The molecular formula is C14H17N3O2S2. The van der Waals surface area contributed by atoms with Gasteiger partial charge in [0.1, 0.15) is 0 Å². The highest BCUT2D eigenvalue weighted by Gasteiger charge is 2.28. The second kappa shape index (κ2) is 5.75. The van der Waals surface area contributed by atoms with Gasteiger partial charge in [-0.2, -0.15) is 4.31 Å². The van der Waals surface area contributed by atoms with Crippen LogP contribution in [0.4, 0.5) is 5.13 Å². The Morgan fingerprint density at radius 1 is 1.10 bits per heavy atom. The Balaban J connectivity index is 1.71. The molecule has 0 bridgehead atoms. The topological polar surface area (TPSA) is 53.5 Å². The molecule has 0 aliphatic carbocycles. The summed E-state index contributed by atoms with van der Waals surface area (Å²) < 4.78 is 26.6. The summed E-state index contributed by atoms with van der Waals surface area (Å²) in [6, 6.07) is 8.61. The number of nitrogens with zero attached hydrogens (tertiary/aromatic N) is 3. The van der Waals surface area contributed by atoms with Gasteiger partial charge >= 0.3 is 0 Å². The van der Waals surface area contributed by atoms with Crippen LogP contribution in [-0.2, 0) is 10.0 Å². The first-order valence-corrected chi connectivity index (χ1v) is 9.11. The molecule has 0 amide bonds. The normalized spacial score (nSPS) is 17.1. The number of rotatable bonds is 3. The van der Waals surface area contributed by atoms with Crippen molar-refractivity contribution in [3.05, 3.63) is 41.4 Å². The zero-order chi connectivity index (χ0) is 14.9. The predicted molar refractivity (Wildman–Crippen MR) is 84.3 cm³/mol. The zero-order valence-corrected chi connectivity index (χ0v) is 13.4. The molecule has 0 unspecified atom stereocenters. The van der Waals surface area contributed by atoms with Gasteiger partial charge < -0.3 is 4.90 Å². The second-order valence-electron chi connectivity index (χ2n) is 4.98. The Morgan fingerprint density at radius 3 is 2.33 bits per heavy atom. The summed E-state index contributed by atoms with van der Waals surface area (Å²) in [5, 5.41) is 2.99. The van der Waals surface area contributed by atoms with E-state index >= 15 is 0 Å². The number of hydrogen-bond donors (Lipinski definition) is 0. The lowest BCUT2D eigenvalue weighted by molar-refractivity contribution is 0.384. The van der Waals surface area contributed by atoms with E-state index in [1.165, 1.54) is 0 Å². The van der Waals surface area contributed by atoms with E-state index in [0.29, 0.717) is 31.1 Å². The van der Waals surface area contributed by atoms with Gasteiger partial charge in [0.2, 0.25) is 10.0 Å². The number of hydrogen-bond acceptors (Lipinski definition) is 5. The van der Waals surface area contributed by atoms with Gasteiger partial charge in [-0.1, -0.05) is 18.2 Å². The minimum absolute atomic E-state index is 0.364. The van der Waals surface area contributed by atoms with Crippen molar-refractivity contribution < 1.29 is 8.42 Å². The molecule has 112 valence electrons. The van der Waals surface area contributed by atoms with Crippen LogP contribution in [0.5, 0.6) is 0 Å². The number of piperazine rings is 1. The van der Waals surface area contributed by atoms with Crippen LogP contribution in [0.3, 0.4) is 0 Å². The van der Waals surface area contributed by atoms with Gasteiger partial charge in [-0.3, -0.25) is 0 Å². The number of thiazole rings is 1. The lowest BCUT2D eigenvalue weighted by atomic mass is 10.4. The third-order valence-corrected chi connectivity index (χ3v) is 6.43. The fourth-order valence-corrected chi connectivity index (χ4v) is 4.65. The molecule has 1 aliphatic rings. The summed E-state index contributed by atoms with van der Waals surface area (Å²) in [4.78, 5) is 6.97. The fourth-order valence-electron chi connectivity index (χ4n) is 2.35. The van der Waals surface area contributed by atoms with Gasteiger partial charge in [0.15, 0.2) is 5.13 Å². The second-order valence-corrected chi connectivity index (χ2v) is 7.75. The van der Waals surface area contributed by atoms with Crippen molar-refractivity contribution in [3.63, 3.8) is 0 Å². The maximum atomic E-state index is 12.5. The Bertz CT molecular complexity index is 705. The highest BCUT2D eigenvalue weighted by molar-refractivity contribution is 7.89. The molecule has 1 saturated heterocycles. The summed E-state index contributed by atoms with van der Waals surface area (Å²) in [7, 11) is -3.37. The van der Waals surface area contributed by atoms with E-state index in [9.17, 15) is 8.42 Å². The first-order valence-electron chi connectivity index (χ1n) is 6.79. The van der Waals surface area contributed by atoms with Crippen molar-refractivity contribution in [3.8, 4) is 0 Å². The van der Waals surface area contributed by atoms with Crippen molar-refractivity contribution in [2.75, 3.05) is 31.1 Å². The number of aromatic nitrogens is 1. The third kappa shape index (κ3) is 2.95. The highest BCUT2D eigenvalue weighted by atomic mass is 32.2. The van der Waals surface area contributed by atoms with E-state index in [2.05, 4.69) is 9.88 Å². The van der Waals surface area contributed by atoms with Crippen molar-refractivity contribution in [1.82, 2.24) is 9.29 Å². The predicted octanol–water partition coefficient (Wildman–Crippen LogP) is 1.96. The average molecular weight is 323 g/mol. The lowest BCUT2D eigenvalue weighted by Gasteiger charge is -2.33. The van der Waals surface area contributed by atoms with E-state index < -0.39 is 10.0 Å². The third-order valence-electron chi connectivity index (χ3n) is 3.50. The molecule has 0 radical (unpaired) electrons. The molecule has 7 heteroatoms. The molecule has 5 nitrogen and oxygen atoms in total. The molecule has 0 saturated carbocycles. The minimum Gasteiger partial charge on any atom is -0.345 e. The zero-order valence-electron chi connectivity index (χ0n) is 11.8. The molecule has 0 spiro atoms. The Kier molecular flexibility index (Phi) is 3.97. The van der Waals surface area contributed by atoms with Crippen LogP contribution in [0.2, 0.25) is 0 Å². The largest absolute Gasteiger partial charge is 0.345 e. The molecule has 3 rings (SSSR count). The number of benzene rings is 1. The first-order chi connectivity index (χ1) is 10.1. The Hall–Kier alpha value is -1.44. The SMILES string of the molecule is Cc1csc(N2CCN(S(=O)(=O)c3ccccc3)CC2)n1. The monoisotopic (exact) mass is 323 g/mol. The summed E-state index contributed by atoms with van der Waals surface area (Å²) in [6.45, 7) is 4.32. The molecule has 2 heterocycles. The smallest absolute Gasteiger partial charge is 0.243 e. The maximum Gasteiger partial charge on any atom is 0.243 e. The van der Waals surface area contributed by atoms with Gasteiger partial charge in [0.25, 0.3) is 0 Å². The van der Waals surface area contributed by atoms with E-state index in [-0.39, 0.29) is 0 Å². The van der Waals surface area contributed by atoms with Gasteiger partial charge in [-0.05, 0) is 19.1 Å². The van der Waals surface area contributed by atoms with E-state index in [4.69, 9.17) is 0 Å². The molecule has 0 atom stereocenters. The van der Waals surface area contributed by atoms with Crippen molar-refractivity contribution in [2.45, 2.75) is 11.8 Å². The quantitative estimate of drug-likeness (QED) is 0.866. The van der Waals surface area contributed by atoms with Crippen molar-refractivity contribution in [2.24, 2.45) is 0 Å². The molecule has 1 aromatic heterocycles. The standard InChI is InChI=1S/C14H17N3O2S2/c1-12-11-20-14(15-12)16-7-9-17(10-8-16)21(18,19)13-5-3-2-4-6-13/h2-6,11H,7-10H2,1H3. The summed E-state index contributed by atoms with van der Waals surface area (Å²) in [5.41, 5.74) is 1.01. The van der Waals surface area contributed by atoms with Crippen molar-refractivity contribution >= 4 is 26.5 Å². The summed E-state index contributed by atoms with van der Waals surface area (Å²) >= 11 is 1.61. The van der Waals surface area contributed by atoms with E-state index in [1.54, 1.807) is 39.9 Å². The van der Waals surface area contributed by atoms with E-state index in [0.717, 1.165) is 10.8 Å². The molecule has 1 aliphatic heterocycles. The Labute approximate surface area is 128 Å². The first kappa shape index (κ1) is 14.5. The average Bonchev–Trinajstić information content (AvgIpc) is 2.95. The molecule has 0 N–H and O–H groups in total. The highest BCUT2D eigenvalue weighted by Crippen LogP contribution is 2.23. The van der Waals surface area contributed by atoms with Crippen LogP contribution < -0.4 is 4.90 Å². The molecule has 2 aromatic rings. The van der Waals surface area contributed by atoms with Gasteiger partial charge in [-0.25, -0.2) is 13.4 Å². The van der Waals surface area contributed by atoms with Crippen LogP contribution >= 0.6 is 11.3 Å². The van der Waals surface area contributed by atoms with Gasteiger partial charge in [0, 0.05) is 31.6 Å². The fraction of sp³-hybridized carbons (Fsp3) is 0.357. The summed E-state index contributed by atoms with van der Waals surface area (Å²) in [6.07, 6.45) is 0. The van der Waals surface area contributed by atoms with Crippen molar-refractivity contribution in [1.29, 1.82) is 0 Å². The van der Waals surface area contributed by atoms with Crippen LogP contribution in [0.15, 0.2) is 40.6 Å². The number of sulfonamides is 1. The molecule has 1 aromatic carbocycles. The molecule has 21 heavy (non-hydrogen) atoms. The number of anilines is 1. The summed E-state index contributed by atoms with van der Waals surface area (Å²) in [5.74, 6) is 0. The van der Waals surface area contributed by atoms with E-state index in [1.807, 2.05) is 18.4 Å². The van der Waals surface area contributed by atoms with Gasteiger partial charge in [0.05, 0.1) is 10.6 Å². The Morgan fingerprint density at radius 2 is 1.76 bits per heavy atom. The van der Waals surface area contributed by atoms with Crippen LogP contribution in [0.25, 0.3) is 0 Å².